The Morgan fingerprint density at radius 3 is 1.90 bits per heavy atom. The van der Waals surface area contributed by atoms with Crippen molar-refractivity contribution >= 4 is 54.5 Å². The molecular weight excluding hydrogens is 579 g/mol. The highest BCUT2D eigenvalue weighted by molar-refractivity contribution is 6.15. The Kier molecular flexibility index (Phi) is 6.33. The molecule has 0 spiro atoms. The van der Waals surface area contributed by atoms with E-state index in [-0.39, 0.29) is 0 Å². The number of nitrogens with zero attached hydrogens (tertiary/aromatic N) is 1. The van der Waals surface area contributed by atoms with Crippen molar-refractivity contribution in [3.63, 3.8) is 0 Å². The van der Waals surface area contributed by atoms with E-state index in [1.807, 2.05) is 0 Å². The Bertz CT molecular complexity index is 2660. The lowest BCUT2D eigenvalue weighted by Gasteiger charge is -2.35. The van der Waals surface area contributed by atoms with Gasteiger partial charge in [0.05, 0.1) is 5.69 Å². The molecule has 1 heterocycles. The number of benzene rings is 8. The maximum absolute atomic E-state index is 2.58. The summed E-state index contributed by atoms with van der Waals surface area (Å²) in [6.45, 7) is 14.2. The van der Waals surface area contributed by atoms with E-state index in [4.69, 9.17) is 0 Å². The summed E-state index contributed by atoms with van der Waals surface area (Å²) in [6, 6.07) is 44.3. The molecule has 0 radical (unpaired) electrons. The molecule has 1 aliphatic rings. The number of hydrogen-bond donors (Lipinski definition) is 0. The first-order chi connectivity index (χ1) is 23.2. The normalized spacial score (nSPS) is 12.7. The molecule has 0 atom stereocenters. The fourth-order valence-corrected chi connectivity index (χ4v) is 8.30. The molecule has 232 valence electrons. The number of fused-ring (bicyclic) bond motifs is 8. The number of aryl methyl sites for hydroxylation is 6. The van der Waals surface area contributed by atoms with Crippen molar-refractivity contribution in [2.24, 2.45) is 0 Å². The van der Waals surface area contributed by atoms with E-state index in [2.05, 4.69) is 162 Å². The summed E-state index contributed by atoms with van der Waals surface area (Å²) in [4.78, 5) is 2.58. The van der Waals surface area contributed by atoms with E-state index in [0.717, 1.165) is 6.54 Å². The van der Waals surface area contributed by atoms with Gasteiger partial charge in [0.15, 0.2) is 0 Å². The first-order valence-corrected chi connectivity index (χ1v) is 17.1. The molecule has 48 heavy (non-hydrogen) atoms. The van der Waals surface area contributed by atoms with Crippen LogP contribution in [0.2, 0.25) is 0 Å². The van der Waals surface area contributed by atoms with Gasteiger partial charge < -0.3 is 4.90 Å². The molecule has 0 unspecified atom stereocenters. The first-order valence-electron chi connectivity index (χ1n) is 17.1. The number of rotatable bonds is 2. The zero-order valence-corrected chi connectivity index (χ0v) is 28.6. The summed E-state index contributed by atoms with van der Waals surface area (Å²) < 4.78 is 0. The third-order valence-electron chi connectivity index (χ3n) is 10.6. The second kappa shape index (κ2) is 10.6. The molecular formula is C47H39N. The second-order valence-corrected chi connectivity index (χ2v) is 14.3. The summed E-state index contributed by atoms with van der Waals surface area (Å²) in [5.41, 5.74) is 17.0. The van der Waals surface area contributed by atoms with Crippen molar-refractivity contribution in [3.05, 3.63) is 154 Å². The van der Waals surface area contributed by atoms with Crippen LogP contribution in [0.3, 0.4) is 0 Å². The quantitative estimate of drug-likeness (QED) is 0.138. The summed E-state index contributed by atoms with van der Waals surface area (Å²) in [5.74, 6) is 0. The Morgan fingerprint density at radius 2 is 1.04 bits per heavy atom. The molecule has 0 aromatic heterocycles. The molecule has 0 N–H and O–H groups in total. The predicted molar refractivity (Wildman–Crippen MR) is 208 cm³/mol. The molecule has 1 nitrogen and oxygen atoms in total. The standard InChI is InChI=1S/C47H39N/c1-27-7-11-33-23-35-12-10-31(5)46(43(35)24-37(33)18-27)41-25-42-38(22-32(41)6)26-48(44-20-29(3)9-16-40(42)44)45-21-30(4)19-36-14-13-34-17-28(2)8-15-39(34)47(36)45/h7-25H,26H2,1-6H3. The fraction of sp³-hybridized carbons (Fsp3) is 0.149. The predicted octanol–water partition coefficient (Wildman–Crippen LogP) is 13.1. The van der Waals surface area contributed by atoms with E-state index < -0.39 is 0 Å². The summed E-state index contributed by atoms with van der Waals surface area (Å²) in [7, 11) is 0. The van der Waals surface area contributed by atoms with Crippen LogP contribution in [0.5, 0.6) is 0 Å². The van der Waals surface area contributed by atoms with Crippen molar-refractivity contribution in [2.75, 3.05) is 4.90 Å². The van der Waals surface area contributed by atoms with Crippen LogP contribution in [0.1, 0.15) is 38.9 Å². The van der Waals surface area contributed by atoms with E-state index in [0.29, 0.717) is 0 Å². The summed E-state index contributed by atoms with van der Waals surface area (Å²) >= 11 is 0. The lowest BCUT2D eigenvalue weighted by atomic mass is 9.84. The Morgan fingerprint density at radius 1 is 0.396 bits per heavy atom. The molecule has 0 saturated heterocycles. The SMILES string of the molecule is Cc1ccc2c(c1)N(c1cc(C)cc3ccc4cc(C)ccc4c13)Cc1cc(C)c(-c3c(C)ccc4cc5ccc(C)cc5cc34)cc1-2. The Labute approximate surface area is 283 Å². The van der Waals surface area contributed by atoms with Crippen molar-refractivity contribution in [1.29, 1.82) is 0 Å². The Hall–Kier alpha value is -5.40. The van der Waals surface area contributed by atoms with Gasteiger partial charge in [0, 0.05) is 23.2 Å². The summed E-state index contributed by atoms with van der Waals surface area (Å²) in [5, 5.41) is 10.4. The van der Waals surface area contributed by atoms with Gasteiger partial charge >= 0.3 is 0 Å². The lowest BCUT2D eigenvalue weighted by Crippen LogP contribution is -2.22. The van der Waals surface area contributed by atoms with Gasteiger partial charge in [-0.2, -0.15) is 0 Å². The van der Waals surface area contributed by atoms with Crippen LogP contribution in [0.25, 0.3) is 65.3 Å². The average molecular weight is 618 g/mol. The molecule has 8 aromatic rings. The molecule has 0 saturated carbocycles. The van der Waals surface area contributed by atoms with Crippen LogP contribution in [0.15, 0.2) is 115 Å². The molecule has 0 amide bonds. The van der Waals surface area contributed by atoms with Crippen LogP contribution in [0.4, 0.5) is 11.4 Å². The van der Waals surface area contributed by atoms with Gasteiger partial charge in [-0.15, -0.1) is 0 Å². The van der Waals surface area contributed by atoms with E-state index in [1.54, 1.807) is 0 Å². The zero-order valence-electron chi connectivity index (χ0n) is 28.6. The van der Waals surface area contributed by atoms with Gasteiger partial charge in [-0.05, 0) is 154 Å². The zero-order chi connectivity index (χ0) is 32.8. The van der Waals surface area contributed by atoms with Crippen LogP contribution in [-0.2, 0) is 6.54 Å². The van der Waals surface area contributed by atoms with Gasteiger partial charge in [-0.25, -0.2) is 0 Å². The average Bonchev–Trinajstić information content (AvgIpc) is 3.06. The molecule has 0 fully saturated rings. The fourth-order valence-electron chi connectivity index (χ4n) is 8.30. The molecule has 1 heteroatoms. The van der Waals surface area contributed by atoms with Gasteiger partial charge in [0.1, 0.15) is 0 Å². The van der Waals surface area contributed by atoms with Gasteiger partial charge in [0.2, 0.25) is 0 Å². The van der Waals surface area contributed by atoms with Gasteiger partial charge in [0.25, 0.3) is 0 Å². The number of anilines is 2. The maximum atomic E-state index is 2.58. The molecule has 8 aromatic carbocycles. The van der Waals surface area contributed by atoms with Crippen LogP contribution < -0.4 is 4.90 Å². The molecule has 0 aliphatic carbocycles. The molecule has 0 bridgehead atoms. The van der Waals surface area contributed by atoms with Crippen LogP contribution in [0, 0.1) is 41.5 Å². The minimum absolute atomic E-state index is 0.826. The third-order valence-corrected chi connectivity index (χ3v) is 10.6. The highest BCUT2D eigenvalue weighted by atomic mass is 15.1. The van der Waals surface area contributed by atoms with Crippen molar-refractivity contribution < 1.29 is 0 Å². The van der Waals surface area contributed by atoms with Crippen LogP contribution >= 0.6 is 0 Å². The molecule has 9 rings (SSSR count). The van der Waals surface area contributed by atoms with Gasteiger partial charge in [-0.3, -0.25) is 0 Å². The first kappa shape index (κ1) is 28.8. The topological polar surface area (TPSA) is 3.24 Å². The van der Waals surface area contributed by atoms with Gasteiger partial charge in [-0.1, -0.05) is 96.1 Å². The number of hydrogen-bond acceptors (Lipinski definition) is 1. The van der Waals surface area contributed by atoms with E-state index in [1.165, 1.54) is 116 Å². The smallest absolute Gasteiger partial charge is 0.0502 e. The van der Waals surface area contributed by atoms with E-state index >= 15 is 0 Å². The highest BCUT2D eigenvalue weighted by Crippen LogP contribution is 2.49. The van der Waals surface area contributed by atoms with Crippen molar-refractivity contribution in [2.45, 2.75) is 48.1 Å². The highest BCUT2D eigenvalue weighted by Gasteiger charge is 2.27. The van der Waals surface area contributed by atoms with Crippen LogP contribution in [-0.4, -0.2) is 0 Å². The third kappa shape index (κ3) is 4.45. The minimum atomic E-state index is 0.826. The second-order valence-electron chi connectivity index (χ2n) is 14.3. The Balaban J connectivity index is 1.28. The van der Waals surface area contributed by atoms with E-state index in [9.17, 15) is 0 Å². The largest absolute Gasteiger partial charge is 0.336 e. The monoisotopic (exact) mass is 617 g/mol. The summed E-state index contributed by atoms with van der Waals surface area (Å²) in [6.07, 6.45) is 0. The molecule has 1 aliphatic heterocycles. The minimum Gasteiger partial charge on any atom is -0.336 e. The lowest BCUT2D eigenvalue weighted by molar-refractivity contribution is 0.961. The maximum Gasteiger partial charge on any atom is 0.0502 e. The van der Waals surface area contributed by atoms with Crippen molar-refractivity contribution in [1.82, 2.24) is 0 Å². The van der Waals surface area contributed by atoms with Crippen molar-refractivity contribution in [3.8, 4) is 22.3 Å².